The van der Waals surface area contributed by atoms with Crippen molar-refractivity contribution in [3.05, 3.63) is 107 Å². The molecule has 4 nitrogen and oxygen atoms in total. The standard InChI is InChI=1S/C22H18N2O2/c25-22(18-11-12-19-14-26-15-20(19)13-18)24-23-21(16-7-3-1-4-8-16)17-9-5-2-6-10-17/h1-13H,14-15H2,(H,24,25). The predicted molar refractivity (Wildman–Crippen MR) is 101 cm³/mol. The first-order chi connectivity index (χ1) is 12.8. The molecule has 0 aromatic heterocycles. The molecule has 0 saturated carbocycles. The molecular weight excluding hydrogens is 324 g/mol. The molecule has 1 N–H and O–H groups in total. The zero-order valence-electron chi connectivity index (χ0n) is 14.2. The zero-order valence-corrected chi connectivity index (χ0v) is 14.2. The van der Waals surface area contributed by atoms with Gasteiger partial charge in [-0.1, -0.05) is 66.7 Å². The number of carbonyl (C=O) groups excluding carboxylic acids is 1. The second kappa shape index (κ2) is 7.33. The monoisotopic (exact) mass is 342 g/mol. The van der Waals surface area contributed by atoms with Gasteiger partial charge < -0.3 is 4.74 Å². The molecule has 0 unspecified atom stereocenters. The third kappa shape index (κ3) is 3.41. The summed E-state index contributed by atoms with van der Waals surface area (Å²) in [4.78, 5) is 12.6. The maximum Gasteiger partial charge on any atom is 0.271 e. The normalized spacial score (nSPS) is 12.3. The summed E-state index contributed by atoms with van der Waals surface area (Å²) in [5.74, 6) is -0.232. The van der Waals surface area contributed by atoms with Crippen LogP contribution in [0.15, 0.2) is 84.0 Å². The summed E-state index contributed by atoms with van der Waals surface area (Å²) in [5, 5.41) is 4.42. The molecule has 3 aromatic carbocycles. The Morgan fingerprint density at radius 1 is 0.769 bits per heavy atom. The molecule has 0 bridgehead atoms. The van der Waals surface area contributed by atoms with Crippen molar-refractivity contribution in [1.82, 2.24) is 5.43 Å². The van der Waals surface area contributed by atoms with Gasteiger partial charge in [0.1, 0.15) is 0 Å². The Bertz CT molecular complexity index is 909. The summed E-state index contributed by atoms with van der Waals surface area (Å²) in [6.45, 7) is 1.17. The topological polar surface area (TPSA) is 50.7 Å². The van der Waals surface area contributed by atoms with Gasteiger partial charge in [0.15, 0.2) is 0 Å². The zero-order chi connectivity index (χ0) is 17.8. The largest absolute Gasteiger partial charge is 0.372 e. The van der Waals surface area contributed by atoms with Crippen LogP contribution in [0.25, 0.3) is 0 Å². The number of nitrogens with one attached hydrogen (secondary N) is 1. The van der Waals surface area contributed by atoms with Crippen LogP contribution in [-0.2, 0) is 18.0 Å². The molecule has 1 aliphatic rings. The van der Waals surface area contributed by atoms with Gasteiger partial charge in [0.25, 0.3) is 5.91 Å². The van der Waals surface area contributed by atoms with Crippen LogP contribution in [0.1, 0.15) is 32.6 Å². The molecule has 3 aromatic rings. The van der Waals surface area contributed by atoms with Crippen molar-refractivity contribution < 1.29 is 9.53 Å². The Balaban J connectivity index is 1.62. The lowest BCUT2D eigenvalue weighted by Gasteiger charge is -2.08. The minimum atomic E-state index is -0.232. The molecule has 0 atom stereocenters. The number of nitrogens with zero attached hydrogens (tertiary/aromatic N) is 1. The first kappa shape index (κ1) is 16.2. The average Bonchev–Trinajstić information content (AvgIpc) is 3.17. The van der Waals surface area contributed by atoms with Crippen molar-refractivity contribution in [1.29, 1.82) is 0 Å². The van der Waals surface area contributed by atoms with E-state index < -0.39 is 0 Å². The number of hydrogen-bond donors (Lipinski definition) is 1. The summed E-state index contributed by atoms with van der Waals surface area (Å²) in [6, 6.07) is 25.3. The smallest absolute Gasteiger partial charge is 0.271 e. The third-order valence-corrected chi connectivity index (χ3v) is 4.35. The van der Waals surface area contributed by atoms with E-state index in [0.717, 1.165) is 28.0 Å². The first-order valence-electron chi connectivity index (χ1n) is 8.50. The number of ether oxygens (including phenoxy) is 1. The Hall–Kier alpha value is -3.24. The maximum absolute atomic E-state index is 12.6. The van der Waals surface area contributed by atoms with Crippen molar-refractivity contribution in [2.24, 2.45) is 5.10 Å². The number of carbonyl (C=O) groups is 1. The van der Waals surface area contributed by atoms with Crippen LogP contribution in [0.3, 0.4) is 0 Å². The second-order valence-electron chi connectivity index (χ2n) is 6.11. The number of benzene rings is 3. The van der Waals surface area contributed by atoms with Gasteiger partial charge in [-0.25, -0.2) is 5.43 Å². The Morgan fingerprint density at radius 2 is 1.38 bits per heavy atom. The number of amides is 1. The van der Waals surface area contributed by atoms with Crippen LogP contribution >= 0.6 is 0 Å². The van der Waals surface area contributed by atoms with Crippen LogP contribution in [0, 0.1) is 0 Å². The lowest BCUT2D eigenvalue weighted by Crippen LogP contribution is -2.20. The van der Waals surface area contributed by atoms with E-state index in [9.17, 15) is 4.79 Å². The summed E-state index contributed by atoms with van der Waals surface area (Å²) in [7, 11) is 0. The van der Waals surface area contributed by atoms with Crippen molar-refractivity contribution in [2.75, 3.05) is 0 Å². The second-order valence-corrected chi connectivity index (χ2v) is 6.11. The minimum Gasteiger partial charge on any atom is -0.372 e. The number of hydrazone groups is 1. The SMILES string of the molecule is O=C(NN=C(c1ccccc1)c1ccccc1)c1ccc2c(c1)COC2. The van der Waals surface area contributed by atoms with E-state index in [0.29, 0.717) is 18.8 Å². The minimum absolute atomic E-state index is 0.232. The first-order valence-corrected chi connectivity index (χ1v) is 8.50. The summed E-state index contributed by atoms with van der Waals surface area (Å²) in [6.07, 6.45) is 0. The van der Waals surface area contributed by atoms with Gasteiger partial charge in [-0.2, -0.15) is 5.10 Å². The molecule has 0 radical (unpaired) electrons. The van der Waals surface area contributed by atoms with Crippen molar-refractivity contribution in [2.45, 2.75) is 13.2 Å². The van der Waals surface area contributed by atoms with Gasteiger partial charge in [0, 0.05) is 16.7 Å². The average molecular weight is 342 g/mol. The van der Waals surface area contributed by atoms with Gasteiger partial charge in [-0.05, 0) is 23.3 Å². The lowest BCUT2D eigenvalue weighted by atomic mass is 10.0. The molecule has 1 amide bonds. The van der Waals surface area contributed by atoms with Gasteiger partial charge in [0.2, 0.25) is 0 Å². The molecule has 1 heterocycles. The fourth-order valence-electron chi connectivity index (χ4n) is 2.97. The van der Waals surface area contributed by atoms with E-state index in [1.807, 2.05) is 78.9 Å². The molecule has 0 aliphatic carbocycles. The molecule has 1 aliphatic heterocycles. The van der Waals surface area contributed by atoms with Gasteiger partial charge in [-0.15, -0.1) is 0 Å². The van der Waals surface area contributed by atoms with Crippen molar-refractivity contribution >= 4 is 11.6 Å². The molecule has 4 rings (SSSR count). The third-order valence-electron chi connectivity index (χ3n) is 4.35. The highest BCUT2D eigenvalue weighted by molar-refractivity contribution is 6.13. The van der Waals surface area contributed by atoms with Crippen molar-refractivity contribution in [3.8, 4) is 0 Å². The maximum atomic E-state index is 12.6. The summed E-state index contributed by atoms with van der Waals surface area (Å²) in [5.41, 5.74) is 8.10. The van der Waals surface area contributed by atoms with E-state index in [1.165, 1.54) is 0 Å². The van der Waals surface area contributed by atoms with E-state index in [2.05, 4.69) is 10.5 Å². The van der Waals surface area contributed by atoms with Crippen LogP contribution in [0.4, 0.5) is 0 Å². The lowest BCUT2D eigenvalue weighted by molar-refractivity contribution is 0.0954. The Labute approximate surface area is 152 Å². The van der Waals surface area contributed by atoms with Crippen LogP contribution in [0.5, 0.6) is 0 Å². The molecule has 0 spiro atoms. The fourth-order valence-corrected chi connectivity index (χ4v) is 2.97. The summed E-state index contributed by atoms with van der Waals surface area (Å²) < 4.78 is 5.40. The van der Waals surface area contributed by atoms with E-state index in [1.54, 1.807) is 0 Å². The molecule has 0 fully saturated rings. The van der Waals surface area contributed by atoms with E-state index in [-0.39, 0.29) is 5.91 Å². The quantitative estimate of drug-likeness (QED) is 0.577. The Morgan fingerprint density at radius 3 is 2.04 bits per heavy atom. The highest BCUT2D eigenvalue weighted by Crippen LogP contribution is 2.20. The molecule has 128 valence electrons. The number of rotatable bonds is 4. The van der Waals surface area contributed by atoms with E-state index in [4.69, 9.17) is 4.74 Å². The van der Waals surface area contributed by atoms with Crippen LogP contribution in [-0.4, -0.2) is 11.6 Å². The van der Waals surface area contributed by atoms with Crippen LogP contribution in [0.2, 0.25) is 0 Å². The highest BCUT2D eigenvalue weighted by Gasteiger charge is 2.14. The molecular formula is C22H18N2O2. The van der Waals surface area contributed by atoms with E-state index >= 15 is 0 Å². The highest BCUT2D eigenvalue weighted by atomic mass is 16.5. The molecule has 4 heteroatoms. The van der Waals surface area contributed by atoms with Gasteiger partial charge in [-0.3, -0.25) is 4.79 Å². The van der Waals surface area contributed by atoms with Gasteiger partial charge in [0.05, 0.1) is 18.9 Å². The van der Waals surface area contributed by atoms with Crippen LogP contribution < -0.4 is 5.43 Å². The number of hydrogen-bond acceptors (Lipinski definition) is 3. The number of fused-ring (bicyclic) bond motifs is 1. The van der Waals surface area contributed by atoms with Gasteiger partial charge >= 0.3 is 0 Å². The molecule has 26 heavy (non-hydrogen) atoms. The fraction of sp³-hybridized carbons (Fsp3) is 0.0909. The summed E-state index contributed by atoms with van der Waals surface area (Å²) >= 11 is 0. The Kier molecular flexibility index (Phi) is 4.58. The van der Waals surface area contributed by atoms with Crippen molar-refractivity contribution in [3.63, 3.8) is 0 Å². The molecule has 0 saturated heterocycles. The predicted octanol–water partition coefficient (Wildman–Crippen LogP) is 3.90.